The maximum atomic E-state index is 11.7. The fourth-order valence-corrected chi connectivity index (χ4v) is 3.37. The molecule has 0 aliphatic rings. The molecular weight excluding hydrogens is 330 g/mol. The first-order valence-corrected chi connectivity index (χ1v) is 8.86. The number of nitriles is 1. The average Bonchev–Trinajstić information content (AvgIpc) is 2.57. The van der Waals surface area contributed by atoms with E-state index < -0.39 is 5.91 Å². The summed E-state index contributed by atoms with van der Waals surface area (Å²) in [5, 5.41) is 13.0. The van der Waals surface area contributed by atoms with Gasteiger partial charge < -0.3 is 11.1 Å². The van der Waals surface area contributed by atoms with E-state index in [-0.39, 0.29) is 5.57 Å². The highest BCUT2D eigenvalue weighted by Crippen LogP contribution is 2.28. The Hall–Kier alpha value is -2.71. The first kappa shape index (κ1) is 18.6. The van der Waals surface area contributed by atoms with Gasteiger partial charge in [0.2, 0.25) is 0 Å². The summed E-state index contributed by atoms with van der Waals surface area (Å²) in [6, 6.07) is 15.9. The minimum absolute atomic E-state index is 0.0585. The third kappa shape index (κ3) is 4.88. The Bertz CT molecular complexity index is 865. The molecular formula is C20H21N3OS. The van der Waals surface area contributed by atoms with Crippen molar-refractivity contribution in [2.24, 2.45) is 5.73 Å². The lowest BCUT2D eigenvalue weighted by Gasteiger charge is -2.14. The van der Waals surface area contributed by atoms with Crippen molar-refractivity contribution in [3.8, 4) is 6.07 Å². The van der Waals surface area contributed by atoms with Gasteiger partial charge in [0.25, 0.3) is 5.91 Å². The number of carbonyl (C=O) groups is 1. The fraction of sp³-hybridized carbons (Fsp3) is 0.200. The van der Waals surface area contributed by atoms with Gasteiger partial charge in [-0.1, -0.05) is 30.3 Å². The molecule has 0 aliphatic carbocycles. The minimum atomic E-state index is -0.730. The van der Waals surface area contributed by atoms with Crippen LogP contribution < -0.4 is 11.1 Å². The minimum Gasteiger partial charge on any atom is -0.365 e. The molecule has 0 aromatic heterocycles. The molecule has 0 spiro atoms. The van der Waals surface area contributed by atoms with Crippen LogP contribution in [0.4, 0.5) is 5.69 Å². The van der Waals surface area contributed by atoms with Crippen molar-refractivity contribution in [2.45, 2.75) is 26.5 Å². The molecule has 0 unspecified atom stereocenters. The lowest BCUT2D eigenvalue weighted by Crippen LogP contribution is -2.16. The Kier molecular flexibility index (Phi) is 6.26. The zero-order chi connectivity index (χ0) is 18.4. The predicted octanol–water partition coefficient (Wildman–Crippen LogP) is 4.18. The molecule has 5 heteroatoms. The summed E-state index contributed by atoms with van der Waals surface area (Å²) in [5.41, 5.74) is 10.8. The monoisotopic (exact) mass is 351 g/mol. The maximum Gasteiger partial charge on any atom is 0.262 e. The van der Waals surface area contributed by atoms with E-state index in [1.165, 1.54) is 17.3 Å². The molecule has 2 rings (SSSR count). The number of nitrogens with two attached hydrogens (primary N) is 1. The summed E-state index contributed by atoms with van der Waals surface area (Å²) in [6.07, 6.45) is 0. The van der Waals surface area contributed by atoms with E-state index in [1.807, 2.05) is 69.3 Å². The fourth-order valence-electron chi connectivity index (χ4n) is 2.26. The van der Waals surface area contributed by atoms with Gasteiger partial charge in [-0.2, -0.15) is 5.26 Å². The summed E-state index contributed by atoms with van der Waals surface area (Å²) in [7, 11) is 0. The highest BCUT2D eigenvalue weighted by molar-refractivity contribution is 8.02. The van der Waals surface area contributed by atoms with Crippen LogP contribution in [0.25, 0.3) is 0 Å². The van der Waals surface area contributed by atoms with Gasteiger partial charge in [0.05, 0.1) is 5.03 Å². The second kappa shape index (κ2) is 8.41. The molecule has 4 nitrogen and oxygen atoms in total. The van der Waals surface area contributed by atoms with E-state index in [2.05, 4.69) is 5.32 Å². The Balaban J connectivity index is 2.31. The Morgan fingerprint density at radius 1 is 1.12 bits per heavy atom. The van der Waals surface area contributed by atoms with Gasteiger partial charge in [0.1, 0.15) is 11.6 Å². The summed E-state index contributed by atoms with van der Waals surface area (Å²) in [4.78, 5) is 11.7. The summed E-state index contributed by atoms with van der Waals surface area (Å²) in [6.45, 7) is 6.09. The largest absolute Gasteiger partial charge is 0.365 e. The first-order valence-electron chi connectivity index (χ1n) is 7.88. The summed E-state index contributed by atoms with van der Waals surface area (Å²) < 4.78 is 0. The van der Waals surface area contributed by atoms with Gasteiger partial charge in [0.15, 0.2) is 0 Å². The molecule has 0 aliphatic heterocycles. The highest BCUT2D eigenvalue weighted by Gasteiger charge is 2.14. The number of carbonyl (C=O) groups excluding carboxylic acids is 1. The van der Waals surface area contributed by atoms with E-state index in [4.69, 9.17) is 5.73 Å². The van der Waals surface area contributed by atoms with Crippen LogP contribution in [0.3, 0.4) is 0 Å². The lowest BCUT2D eigenvalue weighted by atomic mass is 10.1. The number of nitrogens with zero attached hydrogens (tertiary/aromatic N) is 1. The third-order valence-corrected chi connectivity index (χ3v) is 5.03. The number of aryl methyl sites for hydroxylation is 3. The van der Waals surface area contributed by atoms with Crippen molar-refractivity contribution in [3.63, 3.8) is 0 Å². The molecule has 0 heterocycles. The topological polar surface area (TPSA) is 78.9 Å². The quantitative estimate of drug-likeness (QED) is 0.604. The molecule has 128 valence electrons. The van der Waals surface area contributed by atoms with E-state index in [0.717, 1.165) is 22.4 Å². The van der Waals surface area contributed by atoms with Crippen LogP contribution in [-0.2, 0) is 10.5 Å². The number of hydrogen-bond acceptors (Lipinski definition) is 4. The molecule has 0 saturated heterocycles. The van der Waals surface area contributed by atoms with Crippen molar-refractivity contribution in [1.29, 1.82) is 5.26 Å². The van der Waals surface area contributed by atoms with E-state index in [1.54, 1.807) is 0 Å². The van der Waals surface area contributed by atoms with Gasteiger partial charge in [0, 0.05) is 11.4 Å². The molecule has 0 fully saturated rings. The molecule has 2 aromatic rings. The smallest absolute Gasteiger partial charge is 0.262 e. The zero-order valence-electron chi connectivity index (χ0n) is 14.6. The molecule has 25 heavy (non-hydrogen) atoms. The standard InChI is InChI=1S/C20H21N3OS/c1-13-8-9-17(10-15(13)3)23-20(18(11-21)19(22)24)25-12-16-7-5-4-6-14(16)2/h4-10,23H,12H2,1-3H3,(H2,22,24). The van der Waals surface area contributed by atoms with Crippen LogP contribution in [0.2, 0.25) is 0 Å². The molecule has 1 amide bonds. The first-order chi connectivity index (χ1) is 11.9. The molecule has 3 N–H and O–H groups in total. The normalized spacial score (nSPS) is 11.4. The Morgan fingerprint density at radius 2 is 1.84 bits per heavy atom. The third-order valence-electron chi connectivity index (χ3n) is 3.98. The number of amides is 1. The van der Waals surface area contributed by atoms with Crippen LogP contribution in [0, 0.1) is 32.1 Å². The molecule has 2 aromatic carbocycles. The van der Waals surface area contributed by atoms with Crippen LogP contribution in [0.15, 0.2) is 53.1 Å². The molecule has 0 radical (unpaired) electrons. The van der Waals surface area contributed by atoms with Crippen molar-refractivity contribution in [1.82, 2.24) is 0 Å². The van der Waals surface area contributed by atoms with E-state index in [0.29, 0.717) is 10.8 Å². The molecule has 0 saturated carbocycles. The van der Waals surface area contributed by atoms with Crippen molar-refractivity contribution in [2.75, 3.05) is 5.32 Å². The van der Waals surface area contributed by atoms with Crippen molar-refractivity contribution < 1.29 is 4.79 Å². The SMILES string of the molecule is Cc1ccc(NC(SCc2ccccc2C)=C(C#N)C(N)=O)cc1C. The number of primary amides is 1. The van der Waals surface area contributed by atoms with Crippen LogP contribution >= 0.6 is 11.8 Å². The molecule has 0 bridgehead atoms. The molecule has 0 atom stereocenters. The number of rotatable bonds is 6. The average molecular weight is 351 g/mol. The highest BCUT2D eigenvalue weighted by atomic mass is 32.2. The van der Waals surface area contributed by atoms with Gasteiger partial charge in [-0.3, -0.25) is 4.79 Å². The zero-order valence-corrected chi connectivity index (χ0v) is 15.4. The van der Waals surface area contributed by atoms with Gasteiger partial charge in [-0.05, 0) is 55.2 Å². The number of benzene rings is 2. The van der Waals surface area contributed by atoms with Gasteiger partial charge in [-0.25, -0.2) is 0 Å². The van der Waals surface area contributed by atoms with Crippen LogP contribution in [0.1, 0.15) is 22.3 Å². The Morgan fingerprint density at radius 3 is 2.44 bits per heavy atom. The van der Waals surface area contributed by atoms with E-state index in [9.17, 15) is 10.1 Å². The van der Waals surface area contributed by atoms with E-state index >= 15 is 0 Å². The van der Waals surface area contributed by atoms with Crippen LogP contribution in [-0.4, -0.2) is 5.91 Å². The summed E-state index contributed by atoms with van der Waals surface area (Å²) >= 11 is 1.40. The van der Waals surface area contributed by atoms with Gasteiger partial charge >= 0.3 is 0 Å². The maximum absolute atomic E-state index is 11.7. The van der Waals surface area contributed by atoms with Gasteiger partial charge in [-0.15, -0.1) is 11.8 Å². The van der Waals surface area contributed by atoms with Crippen molar-refractivity contribution in [3.05, 3.63) is 75.3 Å². The number of anilines is 1. The Labute approximate surface area is 152 Å². The number of nitrogens with one attached hydrogen (secondary N) is 1. The second-order valence-electron chi connectivity index (χ2n) is 5.82. The second-order valence-corrected chi connectivity index (χ2v) is 6.80. The number of thioether (sulfide) groups is 1. The lowest BCUT2D eigenvalue weighted by molar-refractivity contribution is -0.114. The van der Waals surface area contributed by atoms with Crippen molar-refractivity contribution >= 4 is 23.4 Å². The number of hydrogen-bond donors (Lipinski definition) is 2. The van der Waals surface area contributed by atoms with Crippen LogP contribution in [0.5, 0.6) is 0 Å². The summed E-state index contributed by atoms with van der Waals surface area (Å²) in [5.74, 6) is -0.0932. The predicted molar refractivity (Wildman–Crippen MR) is 104 cm³/mol.